The maximum absolute atomic E-state index is 14.6. The summed E-state index contributed by atoms with van der Waals surface area (Å²) < 4.78 is -0.700. The number of nitrogens with two attached hydrogens (primary N) is 2. The molecule has 3 fully saturated rings. The number of aliphatic hydroxyl groups is 1. The smallest absolute Gasteiger partial charge is 0.326 e. The molecule has 1 spiro atoms. The van der Waals surface area contributed by atoms with Gasteiger partial charge in [-0.15, -0.1) is 0 Å². The number of carbonyl (C=O) groups excluding carboxylic acids is 8. The fourth-order valence-electron chi connectivity index (χ4n) is 8.40. The quantitative estimate of drug-likeness (QED) is 0.104. The Kier molecular flexibility index (Phi) is 21.0. The number of hydrogen-bond acceptors (Lipinski definition) is 14. The van der Waals surface area contributed by atoms with Crippen LogP contribution in [0, 0.1) is 5.92 Å². The number of primary amides is 1. The van der Waals surface area contributed by atoms with Gasteiger partial charge in [-0.2, -0.15) is 0 Å². The fraction of sp³-hybridized carbons (Fsp3) is 0.659. The highest BCUT2D eigenvalue weighted by Gasteiger charge is 2.42. The van der Waals surface area contributed by atoms with Gasteiger partial charge in [0.05, 0.1) is 12.5 Å². The molecule has 13 N–H and O–H groups in total. The van der Waals surface area contributed by atoms with Crippen molar-refractivity contribution in [3.05, 3.63) is 29.8 Å². The van der Waals surface area contributed by atoms with Crippen molar-refractivity contribution >= 4 is 74.8 Å². The topological polar surface area (TPSA) is 342 Å². The van der Waals surface area contributed by atoms with Crippen molar-refractivity contribution in [3.63, 3.8) is 0 Å². The van der Waals surface area contributed by atoms with Crippen LogP contribution in [0.25, 0.3) is 0 Å². The highest BCUT2D eigenvalue weighted by Crippen LogP contribution is 2.48. The summed E-state index contributed by atoms with van der Waals surface area (Å²) in [6.45, 7) is 4.94. The highest BCUT2D eigenvalue weighted by molar-refractivity contribution is 8.77. The first-order chi connectivity index (χ1) is 31.8. The van der Waals surface area contributed by atoms with E-state index in [2.05, 4.69) is 31.9 Å². The maximum atomic E-state index is 14.6. The number of carboxylic acid groups (broad SMARTS) is 1. The van der Waals surface area contributed by atoms with E-state index in [1.165, 1.54) is 45.5 Å². The highest BCUT2D eigenvalue weighted by atomic mass is 33.1. The minimum absolute atomic E-state index is 0.00875. The van der Waals surface area contributed by atoms with Gasteiger partial charge in [0.15, 0.2) is 0 Å². The molecule has 2 saturated heterocycles. The van der Waals surface area contributed by atoms with Gasteiger partial charge < -0.3 is 63.6 Å². The van der Waals surface area contributed by atoms with Crippen LogP contribution in [0.15, 0.2) is 24.3 Å². The summed E-state index contributed by atoms with van der Waals surface area (Å²) in [5.74, 6) is -8.56. The summed E-state index contributed by atoms with van der Waals surface area (Å²) in [4.78, 5) is 124. The molecule has 1 saturated carbocycles. The number of amides is 8. The van der Waals surface area contributed by atoms with E-state index in [-0.39, 0.29) is 50.3 Å². The molecule has 8 amide bonds. The van der Waals surface area contributed by atoms with E-state index in [1.807, 2.05) is 0 Å². The van der Waals surface area contributed by atoms with Gasteiger partial charge in [-0.1, -0.05) is 73.3 Å². The van der Waals surface area contributed by atoms with Gasteiger partial charge in [-0.25, -0.2) is 4.79 Å². The van der Waals surface area contributed by atoms with Gasteiger partial charge in [0.1, 0.15) is 48.0 Å². The second-order valence-corrected chi connectivity index (χ2v) is 20.5. The van der Waals surface area contributed by atoms with Crippen LogP contribution in [-0.4, -0.2) is 145 Å². The normalized spacial score (nSPS) is 26.1. The van der Waals surface area contributed by atoms with Crippen molar-refractivity contribution in [1.82, 2.24) is 36.8 Å². The third-order valence-corrected chi connectivity index (χ3v) is 15.7. The second-order valence-electron chi connectivity index (χ2n) is 17.7. The number of carbonyl (C=O) groups is 9. The minimum atomic E-state index is -1.74. The zero-order chi connectivity index (χ0) is 49.4. The zero-order valence-electron chi connectivity index (χ0n) is 38.3. The predicted octanol–water partition coefficient (Wildman–Crippen LogP) is -0.552. The van der Waals surface area contributed by atoms with Crippen LogP contribution < -0.4 is 43.4 Å². The number of aromatic hydroxyl groups is 1. The number of hydrogen-bond donors (Lipinski definition) is 11. The van der Waals surface area contributed by atoms with Gasteiger partial charge in [0.2, 0.25) is 47.3 Å². The SMILES string of the molecule is CC[C@H](C)[C@@H]1NC(=O)[C@@H](Cc2ccc(O)cc2)NC(=O)CC2(CCCCC2)SSC[C@@H](C(=O)N2CCC[C@H]2C(=O)N[C@@H](CCCN)C(=O)O)NC(=O)[C@H](CC(N)=O)NC(=O)C([C@@H](C)O)NC1=O. The van der Waals surface area contributed by atoms with Crippen LogP contribution in [0.4, 0.5) is 0 Å². The molecule has 372 valence electrons. The summed E-state index contributed by atoms with van der Waals surface area (Å²) in [5, 5.41) is 46.1. The molecule has 67 heavy (non-hydrogen) atoms. The van der Waals surface area contributed by atoms with Crippen LogP contribution >= 0.6 is 21.6 Å². The van der Waals surface area contributed by atoms with Gasteiger partial charge in [0, 0.05) is 29.9 Å². The molecule has 9 atom stereocenters. The Morgan fingerprint density at radius 3 is 2.13 bits per heavy atom. The van der Waals surface area contributed by atoms with E-state index in [0.717, 1.165) is 19.3 Å². The van der Waals surface area contributed by atoms with E-state index in [9.17, 15) is 58.5 Å². The molecule has 1 aliphatic carbocycles. The van der Waals surface area contributed by atoms with Crippen molar-refractivity contribution in [2.75, 3.05) is 18.8 Å². The number of likely N-dealkylation sites (tertiary alicyclic amines) is 1. The number of rotatable bonds is 14. The Labute approximate surface area is 398 Å². The van der Waals surface area contributed by atoms with E-state index >= 15 is 0 Å². The molecule has 1 aromatic rings. The molecule has 4 rings (SSSR count). The number of benzene rings is 1. The van der Waals surface area contributed by atoms with E-state index < -0.39 is 119 Å². The van der Waals surface area contributed by atoms with E-state index in [4.69, 9.17) is 11.5 Å². The number of carboxylic acids is 1. The van der Waals surface area contributed by atoms with Gasteiger partial charge in [-0.05, 0) is 75.6 Å². The van der Waals surface area contributed by atoms with Crippen LogP contribution in [-0.2, 0) is 49.6 Å². The first-order valence-electron chi connectivity index (χ1n) is 22.9. The molecule has 2 aliphatic heterocycles. The zero-order valence-corrected chi connectivity index (χ0v) is 39.9. The lowest BCUT2D eigenvalue weighted by molar-refractivity contribution is -0.145. The summed E-state index contributed by atoms with van der Waals surface area (Å²) in [5.41, 5.74) is 11.7. The van der Waals surface area contributed by atoms with E-state index in [0.29, 0.717) is 37.7 Å². The summed E-state index contributed by atoms with van der Waals surface area (Å²) in [6, 6.07) is -3.65. The lowest BCUT2D eigenvalue weighted by atomic mass is 9.85. The molecule has 2 heterocycles. The Morgan fingerprint density at radius 1 is 0.881 bits per heavy atom. The molecule has 1 aromatic carbocycles. The van der Waals surface area contributed by atoms with Crippen molar-refractivity contribution in [3.8, 4) is 5.75 Å². The second kappa shape index (κ2) is 25.9. The van der Waals surface area contributed by atoms with E-state index in [1.54, 1.807) is 26.0 Å². The molecule has 3 aliphatic rings. The van der Waals surface area contributed by atoms with Gasteiger partial charge in [0.25, 0.3) is 0 Å². The number of aliphatic carboxylic acids is 1. The first-order valence-corrected chi connectivity index (χ1v) is 25.2. The van der Waals surface area contributed by atoms with Crippen LogP contribution in [0.5, 0.6) is 5.75 Å². The van der Waals surface area contributed by atoms with Crippen LogP contribution in [0.1, 0.15) is 103 Å². The number of nitrogens with one attached hydrogen (secondary N) is 6. The number of nitrogens with zero attached hydrogens (tertiary/aromatic N) is 1. The predicted molar refractivity (Wildman–Crippen MR) is 249 cm³/mol. The first kappa shape index (κ1) is 54.5. The van der Waals surface area contributed by atoms with Crippen molar-refractivity contribution < 1.29 is 58.5 Å². The molecular weight excluding hydrogens is 911 g/mol. The van der Waals surface area contributed by atoms with Crippen molar-refractivity contribution in [1.29, 1.82) is 0 Å². The molecule has 0 bridgehead atoms. The molecule has 21 nitrogen and oxygen atoms in total. The Bertz CT molecular complexity index is 1940. The number of aliphatic hydroxyl groups excluding tert-OH is 1. The lowest BCUT2D eigenvalue weighted by Gasteiger charge is -2.37. The molecule has 0 aromatic heterocycles. The number of phenolic OH excluding ortho intramolecular Hbond substituents is 1. The van der Waals surface area contributed by atoms with Crippen molar-refractivity contribution in [2.24, 2.45) is 17.4 Å². The third kappa shape index (κ3) is 16.0. The van der Waals surface area contributed by atoms with Gasteiger partial charge in [-0.3, -0.25) is 38.4 Å². The third-order valence-electron chi connectivity index (χ3n) is 12.4. The summed E-state index contributed by atoms with van der Waals surface area (Å²) in [7, 11) is 2.54. The largest absolute Gasteiger partial charge is 0.508 e. The Morgan fingerprint density at radius 2 is 1.52 bits per heavy atom. The Balaban J connectivity index is 1.76. The monoisotopic (exact) mass is 977 g/mol. The van der Waals surface area contributed by atoms with Gasteiger partial charge >= 0.3 is 5.97 Å². The average molecular weight is 978 g/mol. The fourth-order valence-corrected chi connectivity index (χ4v) is 11.8. The number of phenols is 1. The molecular formula is C44H67N9O12S2. The van der Waals surface area contributed by atoms with Crippen LogP contribution in [0.3, 0.4) is 0 Å². The maximum Gasteiger partial charge on any atom is 0.326 e. The molecule has 0 radical (unpaired) electrons. The summed E-state index contributed by atoms with van der Waals surface area (Å²) in [6.07, 6.45) is 2.55. The van der Waals surface area contributed by atoms with Crippen molar-refractivity contribution in [2.45, 2.75) is 157 Å². The Hall–Kier alpha value is -5.13. The average Bonchev–Trinajstić information content (AvgIpc) is 3.78. The molecule has 23 heteroatoms. The summed E-state index contributed by atoms with van der Waals surface area (Å²) >= 11 is 0. The minimum Gasteiger partial charge on any atom is -0.508 e. The van der Waals surface area contributed by atoms with Crippen LogP contribution in [0.2, 0.25) is 0 Å². The molecule has 1 unspecified atom stereocenters. The standard InChI is InChI=1S/C44H67N9O12S2/c1-4-24(2)35-40(61)52-36(25(3)54)41(62)49-30(21-33(46)56)37(58)50-31(42(63)53-19-9-11-32(53)39(60)48-28(43(64)65)10-8-18-45)23-66-67-44(16-6-5-7-17-44)22-34(57)47-29(38(59)51-35)20-26-12-14-27(55)15-13-26/h12-15,24-25,28-32,35-36,54-55H,4-11,16-23,45H2,1-3H3,(H2,46,56)(H,47,57)(H,48,60)(H,49,62)(H,50,58)(H,51,59)(H,52,61)(H,64,65)/t24-,25+,28-,29+,30-,31-,32-,35-,36?/m0/s1. The lowest BCUT2D eigenvalue weighted by Crippen LogP contribution is -2.63.